The zero-order chi connectivity index (χ0) is 17.7. The molecule has 1 aromatic carbocycles. The van der Waals surface area contributed by atoms with Crippen molar-refractivity contribution >= 4 is 33.3 Å². The van der Waals surface area contributed by atoms with Gasteiger partial charge < -0.3 is 10.2 Å². The van der Waals surface area contributed by atoms with E-state index in [0.29, 0.717) is 24.5 Å². The van der Waals surface area contributed by atoms with Gasteiger partial charge in [-0.15, -0.1) is 0 Å². The zero-order valence-corrected chi connectivity index (χ0v) is 15.1. The van der Waals surface area contributed by atoms with Gasteiger partial charge in [-0.25, -0.2) is 8.42 Å². The predicted molar refractivity (Wildman–Crippen MR) is 91.5 cm³/mol. The van der Waals surface area contributed by atoms with E-state index in [-0.39, 0.29) is 34.9 Å². The van der Waals surface area contributed by atoms with Crippen molar-refractivity contribution < 1.29 is 18.0 Å². The number of halogens is 1. The van der Waals surface area contributed by atoms with Gasteiger partial charge in [0.05, 0.1) is 16.6 Å². The number of likely N-dealkylation sites (tertiary alicyclic amines) is 1. The number of nitrogens with zero attached hydrogens (tertiary/aromatic N) is 1. The fourth-order valence-corrected chi connectivity index (χ4v) is 3.97. The average Bonchev–Trinajstić information content (AvgIpc) is 2.55. The summed E-state index contributed by atoms with van der Waals surface area (Å²) in [6.07, 6.45) is 1.49. The van der Waals surface area contributed by atoms with Gasteiger partial charge in [-0.1, -0.05) is 11.6 Å². The van der Waals surface area contributed by atoms with E-state index in [2.05, 4.69) is 5.32 Å². The molecule has 0 radical (unpaired) electrons. The van der Waals surface area contributed by atoms with E-state index < -0.39 is 9.84 Å². The van der Waals surface area contributed by atoms with Gasteiger partial charge in [-0.2, -0.15) is 0 Å². The first-order valence-electron chi connectivity index (χ1n) is 7.81. The molecular weight excluding hydrogens is 352 g/mol. The van der Waals surface area contributed by atoms with Crippen LogP contribution in [0.25, 0.3) is 0 Å². The number of carbonyl (C=O) groups is 2. The fraction of sp³-hybridized carbons (Fsp3) is 0.500. The van der Waals surface area contributed by atoms with Crippen LogP contribution in [0, 0.1) is 5.92 Å². The van der Waals surface area contributed by atoms with Crippen molar-refractivity contribution in [1.29, 1.82) is 0 Å². The van der Waals surface area contributed by atoms with Gasteiger partial charge in [0.1, 0.15) is 0 Å². The molecule has 0 unspecified atom stereocenters. The number of carbonyl (C=O) groups excluding carboxylic acids is 2. The van der Waals surface area contributed by atoms with Crippen LogP contribution in [-0.4, -0.2) is 50.5 Å². The Morgan fingerprint density at radius 1 is 1.29 bits per heavy atom. The van der Waals surface area contributed by atoms with Crippen LogP contribution in [0.2, 0.25) is 5.02 Å². The Morgan fingerprint density at radius 2 is 1.96 bits per heavy atom. The third kappa shape index (κ3) is 4.95. The smallest absolute Gasteiger partial charge is 0.224 e. The van der Waals surface area contributed by atoms with Crippen molar-refractivity contribution in [3.05, 3.63) is 29.3 Å². The van der Waals surface area contributed by atoms with Crippen LogP contribution in [0.4, 0.5) is 0 Å². The molecule has 0 spiro atoms. The second-order valence-electron chi connectivity index (χ2n) is 5.87. The van der Waals surface area contributed by atoms with Gasteiger partial charge in [0.2, 0.25) is 11.8 Å². The van der Waals surface area contributed by atoms with Crippen LogP contribution >= 0.6 is 11.6 Å². The Labute approximate surface area is 147 Å². The van der Waals surface area contributed by atoms with Crippen LogP contribution in [-0.2, 0) is 19.4 Å². The van der Waals surface area contributed by atoms with Gasteiger partial charge in [0.15, 0.2) is 9.84 Å². The molecule has 24 heavy (non-hydrogen) atoms. The van der Waals surface area contributed by atoms with E-state index in [1.165, 1.54) is 31.2 Å². The summed E-state index contributed by atoms with van der Waals surface area (Å²) in [5, 5.41) is 3.13. The Kier molecular flexibility index (Phi) is 6.23. The molecule has 0 aliphatic carbocycles. The minimum atomic E-state index is -3.47. The Hall–Kier alpha value is -1.60. The number of hydrogen-bond donors (Lipinski definition) is 1. The molecule has 8 heteroatoms. The summed E-state index contributed by atoms with van der Waals surface area (Å²) in [6, 6.07) is 5.94. The number of benzene rings is 1. The van der Waals surface area contributed by atoms with Gasteiger partial charge >= 0.3 is 0 Å². The lowest BCUT2D eigenvalue weighted by Gasteiger charge is -2.31. The third-order valence-electron chi connectivity index (χ3n) is 4.08. The Morgan fingerprint density at radius 3 is 2.58 bits per heavy atom. The van der Waals surface area contributed by atoms with Crippen LogP contribution in [0.1, 0.15) is 19.8 Å². The summed E-state index contributed by atoms with van der Waals surface area (Å²) in [7, 11) is -3.47. The molecular formula is C16H21ClN2O4S. The minimum Gasteiger partial charge on any atom is -0.355 e. The summed E-state index contributed by atoms with van der Waals surface area (Å²) in [5.41, 5.74) is 0. The topological polar surface area (TPSA) is 83.6 Å². The summed E-state index contributed by atoms with van der Waals surface area (Å²) in [5.74, 6) is -0.699. The van der Waals surface area contributed by atoms with E-state index in [9.17, 15) is 18.0 Å². The van der Waals surface area contributed by atoms with E-state index in [1.54, 1.807) is 4.90 Å². The lowest BCUT2D eigenvalue weighted by molar-refractivity contribution is -0.133. The third-order valence-corrected chi connectivity index (χ3v) is 6.06. The Bertz CT molecular complexity index is 703. The second kappa shape index (κ2) is 7.98. The average molecular weight is 373 g/mol. The molecule has 1 fully saturated rings. The van der Waals surface area contributed by atoms with Crippen molar-refractivity contribution in [2.45, 2.75) is 24.7 Å². The summed E-state index contributed by atoms with van der Waals surface area (Å²) in [6.45, 7) is 2.59. The fourth-order valence-electron chi connectivity index (χ4n) is 2.69. The molecule has 2 rings (SSSR count). The van der Waals surface area contributed by atoms with E-state index in [1.807, 2.05) is 0 Å². The van der Waals surface area contributed by atoms with E-state index in [0.717, 1.165) is 6.42 Å². The maximum atomic E-state index is 12.2. The molecule has 2 amide bonds. The lowest BCUT2D eigenvalue weighted by atomic mass is 9.97. The van der Waals surface area contributed by atoms with E-state index >= 15 is 0 Å². The molecule has 0 saturated carbocycles. The quantitative estimate of drug-likeness (QED) is 0.848. The number of nitrogens with one attached hydrogen (secondary N) is 1. The number of piperidine rings is 1. The maximum Gasteiger partial charge on any atom is 0.224 e. The second-order valence-corrected chi connectivity index (χ2v) is 8.41. The Balaban J connectivity index is 1.85. The van der Waals surface area contributed by atoms with Crippen molar-refractivity contribution in [2.75, 3.05) is 25.4 Å². The minimum absolute atomic E-state index is 0.0420. The molecule has 1 saturated heterocycles. The number of sulfone groups is 1. The SMILES string of the molecule is CC(=O)N1CCC[C@@H](C(=O)NCCS(=O)(=O)c2ccc(Cl)cc2)C1. The van der Waals surface area contributed by atoms with Crippen LogP contribution in [0.3, 0.4) is 0 Å². The largest absolute Gasteiger partial charge is 0.355 e. The molecule has 0 bridgehead atoms. The molecule has 6 nitrogen and oxygen atoms in total. The normalized spacial score (nSPS) is 18.2. The highest BCUT2D eigenvalue weighted by molar-refractivity contribution is 7.91. The molecule has 1 aliphatic heterocycles. The molecule has 1 atom stereocenters. The molecule has 1 aliphatic rings. The summed E-state index contributed by atoms with van der Waals surface area (Å²) >= 11 is 5.75. The van der Waals surface area contributed by atoms with Crippen molar-refractivity contribution in [3.63, 3.8) is 0 Å². The maximum absolute atomic E-state index is 12.2. The standard InChI is InChI=1S/C16H21ClN2O4S/c1-12(20)19-9-2-3-13(11-19)16(21)18-8-10-24(22,23)15-6-4-14(17)5-7-15/h4-7,13H,2-3,8-11H2,1H3,(H,18,21)/t13-/m1/s1. The number of hydrogen-bond acceptors (Lipinski definition) is 4. The van der Waals surface area contributed by atoms with E-state index in [4.69, 9.17) is 11.6 Å². The lowest BCUT2D eigenvalue weighted by Crippen LogP contribution is -2.45. The first-order valence-corrected chi connectivity index (χ1v) is 9.84. The van der Waals surface area contributed by atoms with Crippen LogP contribution < -0.4 is 5.32 Å². The van der Waals surface area contributed by atoms with Gasteiger partial charge in [0, 0.05) is 31.6 Å². The zero-order valence-electron chi connectivity index (χ0n) is 13.5. The van der Waals surface area contributed by atoms with Crippen LogP contribution in [0.5, 0.6) is 0 Å². The first-order chi connectivity index (χ1) is 11.3. The number of rotatable bonds is 5. The predicted octanol–water partition coefficient (Wildman–Crippen LogP) is 1.49. The molecule has 1 aromatic rings. The number of amides is 2. The van der Waals surface area contributed by atoms with Crippen LogP contribution in [0.15, 0.2) is 29.2 Å². The van der Waals surface area contributed by atoms with Gasteiger partial charge in [-0.3, -0.25) is 9.59 Å². The van der Waals surface area contributed by atoms with Gasteiger partial charge in [0.25, 0.3) is 0 Å². The molecule has 1 N–H and O–H groups in total. The monoisotopic (exact) mass is 372 g/mol. The molecule has 1 heterocycles. The van der Waals surface area contributed by atoms with Crippen molar-refractivity contribution in [3.8, 4) is 0 Å². The first kappa shape index (κ1) is 18.7. The highest BCUT2D eigenvalue weighted by Crippen LogP contribution is 2.17. The summed E-state index contributed by atoms with van der Waals surface area (Å²) in [4.78, 5) is 25.4. The highest BCUT2D eigenvalue weighted by Gasteiger charge is 2.27. The molecule has 132 valence electrons. The summed E-state index contributed by atoms with van der Waals surface area (Å²) < 4.78 is 24.4. The highest BCUT2D eigenvalue weighted by atomic mass is 35.5. The molecule has 0 aromatic heterocycles. The van der Waals surface area contributed by atoms with Crippen molar-refractivity contribution in [1.82, 2.24) is 10.2 Å². The van der Waals surface area contributed by atoms with Gasteiger partial charge in [-0.05, 0) is 37.1 Å². The van der Waals surface area contributed by atoms with Crippen molar-refractivity contribution in [2.24, 2.45) is 5.92 Å².